The van der Waals surface area contributed by atoms with Crippen LogP contribution in [0.15, 0.2) is 35.5 Å². The van der Waals surface area contributed by atoms with Crippen molar-refractivity contribution in [1.29, 1.82) is 0 Å². The minimum Gasteiger partial charge on any atom is -0.0996 e. The molecule has 0 heteroatoms. The zero-order chi connectivity index (χ0) is 18.4. The summed E-state index contributed by atoms with van der Waals surface area (Å²) in [6, 6.07) is 0. The van der Waals surface area contributed by atoms with Gasteiger partial charge in [0.2, 0.25) is 0 Å². The van der Waals surface area contributed by atoms with Gasteiger partial charge in [0.25, 0.3) is 0 Å². The van der Waals surface area contributed by atoms with E-state index in [9.17, 15) is 0 Å². The molecular formula is C25H40. The molecule has 2 saturated carbocycles. The Labute approximate surface area is 156 Å². The Kier molecular flexibility index (Phi) is 5.13. The standard InChI is InChI=1S/C15H24.C10H16/c1-11-6-5-7-12(2)13-10-15(3,4)14(13)9-8-11;1-7-4-5-8-6-9(7)10(8,2)3/h6,13-14H,2,5,7-10H2,1,3-4H3;4,8-9H,5-6H2,1-3H3/b11-6+;/t13-,14-;/m1./s1. The number of fused-ring (bicyclic) bond motifs is 2. The maximum atomic E-state index is 4.30. The van der Waals surface area contributed by atoms with Crippen LogP contribution < -0.4 is 0 Å². The first-order valence-electron chi connectivity index (χ1n) is 10.6. The Bertz CT molecular complexity index is 583. The molecule has 0 aliphatic heterocycles. The molecule has 0 nitrogen and oxygen atoms in total. The van der Waals surface area contributed by atoms with Gasteiger partial charge >= 0.3 is 0 Å². The molecule has 5 rings (SSSR count). The summed E-state index contributed by atoms with van der Waals surface area (Å²) < 4.78 is 0. The summed E-state index contributed by atoms with van der Waals surface area (Å²) >= 11 is 0. The molecule has 0 spiro atoms. The van der Waals surface area contributed by atoms with E-state index in [4.69, 9.17) is 0 Å². The summed E-state index contributed by atoms with van der Waals surface area (Å²) in [5, 5.41) is 0. The van der Waals surface area contributed by atoms with E-state index in [0.29, 0.717) is 10.8 Å². The topological polar surface area (TPSA) is 0 Å². The van der Waals surface area contributed by atoms with Gasteiger partial charge in [0.15, 0.2) is 0 Å². The second-order valence-electron chi connectivity index (χ2n) is 10.7. The summed E-state index contributed by atoms with van der Waals surface area (Å²) in [6.45, 7) is 18.6. The number of hydrogen-bond acceptors (Lipinski definition) is 0. The van der Waals surface area contributed by atoms with Crippen LogP contribution in [-0.2, 0) is 0 Å². The fourth-order valence-corrected chi connectivity index (χ4v) is 6.10. The number of allylic oxidation sites excluding steroid dienone is 5. The average Bonchev–Trinajstić information content (AvgIpc) is 2.57. The van der Waals surface area contributed by atoms with Gasteiger partial charge in [-0.25, -0.2) is 0 Å². The lowest BCUT2D eigenvalue weighted by atomic mass is 9.49. The number of hydrogen-bond donors (Lipinski definition) is 0. The van der Waals surface area contributed by atoms with Gasteiger partial charge in [-0.05, 0) is 93.3 Å². The Morgan fingerprint density at radius 1 is 1.04 bits per heavy atom. The highest BCUT2D eigenvalue weighted by Gasteiger charge is 2.50. The zero-order valence-electron chi connectivity index (χ0n) is 17.6. The fraction of sp³-hybridized carbons (Fsp3) is 0.760. The molecule has 0 aromatic rings. The van der Waals surface area contributed by atoms with E-state index in [1.807, 2.05) is 0 Å². The van der Waals surface area contributed by atoms with Gasteiger partial charge in [-0.15, -0.1) is 0 Å². The van der Waals surface area contributed by atoms with Crippen molar-refractivity contribution in [2.75, 3.05) is 0 Å². The quantitative estimate of drug-likeness (QED) is 0.396. The lowest BCUT2D eigenvalue weighted by Crippen LogP contribution is -2.47. The van der Waals surface area contributed by atoms with Crippen LogP contribution in [0.5, 0.6) is 0 Å². The summed E-state index contributed by atoms with van der Waals surface area (Å²) in [5.74, 6) is 3.65. The molecule has 4 atom stereocenters. The van der Waals surface area contributed by atoms with Gasteiger partial charge in [0.1, 0.15) is 0 Å². The van der Waals surface area contributed by atoms with Gasteiger partial charge in [-0.3, -0.25) is 0 Å². The van der Waals surface area contributed by atoms with E-state index >= 15 is 0 Å². The van der Waals surface area contributed by atoms with Gasteiger partial charge in [0.05, 0.1) is 0 Å². The highest BCUT2D eigenvalue weighted by Crippen LogP contribution is 2.59. The molecule has 0 N–H and O–H groups in total. The molecule has 2 unspecified atom stereocenters. The summed E-state index contributed by atoms with van der Waals surface area (Å²) in [4.78, 5) is 0. The van der Waals surface area contributed by atoms with Crippen LogP contribution in [0.2, 0.25) is 0 Å². The molecular weight excluding hydrogens is 300 g/mol. The lowest BCUT2D eigenvalue weighted by molar-refractivity contribution is -0.00579. The predicted octanol–water partition coefficient (Wildman–Crippen LogP) is 7.72. The van der Waals surface area contributed by atoms with Crippen LogP contribution >= 0.6 is 0 Å². The van der Waals surface area contributed by atoms with E-state index < -0.39 is 0 Å². The van der Waals surface area contributed by atoms with Crippen LogP contribution in [0.4, 0.5) is 0 Å². The third-order valence-electron chi connectivity index (χ3n) is 8.31. The Morgan fingerprint density at radius 3 is 2.28 bits per heavy atom. The molecule has 0 aromatic carbocycles. The van der Waals surface area contributed by atoms with Gasteiger partial charge in [-0.2, -0.15) is 0 Å². The highest BCUT2D eigenvalue weighted by atomic mass is 14.5. The maximum absolute atomic E-state index is 4.30. The lowest BCUT2D eigenvalue weighted by Gasteiger charge is -2.56. The zero-order valence-corrected chi connectivity index (χ0v) is 17.6. The van der Waals surface area contributed by atoms with Crippen molar-refractivity contribution in [3.63, 3.8) is 0 Å². The smallest absolute Gasteiger partial charge is 0.0149 e. The van der Waals surface area contributed by atoms with E-state index in [2.05, 4.69) is 60.3 Å². The highest BCUT2D eigenvalue weighted by molar-refractivity contribution is 5.21. The van der Waals surface area contributed by atoms with Crippen LogP contribution in [-0.4, -0.2) is 0 Å². The third-order valence-corrected chi connectivity index (χ3v) is 8.31. The third kappa shape index (κ3) is 3.56. The van der Waals surface area contributed by atoms with Crippen molar-refractivity contribution < 1.29 is 0 Å². The molecule has 0 heterocycles. The van der Waals surface area contributed by atoms with Crippen molar-refractivity contribution in [3.05, 3.63) is 35.5 Å². The largest absolute Gasteiger partial charge is 0.0996 e. The second-order valence-corrected chi connectivity index (χ2v) is 10.7. The van der Waals surface area contributed by atoms with E-state index in [1.54, 1.807) is 11.1 Å². The fourth-order valence-electron chi connectivity index (χ4n) is 6.10. The molecule has 25 heavy (non-hydrogen) atoms. The summed E-state index contributed by atoms with van der Waals surface area (Å²) in [5.41, 5.74) is 5.96. The van der Waals surface area contributed by atoms with Crippen molar-refractivity contribution >= 4 is 0 Å². The molecule has 5 aliphatic rings. The van der Waals surface area contributed by atoms with Gasteiger partial charge in [0, 0.05) is 0 Å². The summed E-state index contributed by atoms with van der Waals surface area (Å²) in [7, 11) is 0. The average molecular weight is 341 g/mol. The molecule has 0 amide bonds. The van der Waals surface area contributed by atoms with Crippen molar-refractivity contribution in [1.82, 2.24) is 0 Å². The molecule has 0 aromatic heterocycles. The second kappa shape index (κ2) is 6.75. The van der Waals surface area contributed by atoms with Crippen LogP contribution in [0.1, 0.15) is 86.5 Å². The first kappa shape index (κ1) is 19.0. The first-order valence-corrected chi connectivity index (χ1v) is 10.6. The van der Waals surface area contributed by atoms with Gasteiger partial charge in [-0.1, -0.05) is 63.1 Å². The first-order chi connectivity index (χ1) is 11.6. The molecule has 2 bridgehead atoms. The summed E-state index contributed by atoms with van der Waals surface area (Å²) in [6.07, 6.45) is 14.1. The maximum Gasteiger partial charge on any atom is -0.0149 e. The van der Waals surface area contributed by atoms with Crippen LogP contribution in [0, 0.1) is 34.5 Å². The normalized spacial score (nSPS) is 40.2. The van der Waals surface area contributed by atoms with E-state index in [-0.39, 0.29) is 0 Å². The minimum atomic E-state index is 0.568. The molecule has 2 fully saturated rings. The molecule has 0 radical (unpaired) electrons. The van der Waals surface area contributed by atoms with Crippen molar-refractivity contribution in [2.45, 2.75) is 86.5 Å². The van der Waals surface area contributed by atoms with Crippen molar-refractivity contribution in [3.8, 4) is 0 Å². The van der Waals surface area contributed by atoms with Gasteiger partial charge < -0.3 is 0 Å². The molecule has 0 saturated heterocycles. The number of rotatable bonds is 0. The molecule has 5 aliphatic carbocycles. The SMILES string of the molecule is C=C1CC/C=C(\C)CC[C@@H]2[C@@H]1CC2(C)C.CC1=CCC2CC1C2(C)C. The van der Waals surface area contributed by atoms with Crippen molar-refractivity contribution in [2.24, 2.45) is 34.5 Å². The monoisotopic (exact) mass is 340 g/mol. The van der Waals surface area contributed by atoms with E-state index in [1.165, 1.54) is 50.5 Å². The Morgan fingerprint density at radius 2 is 1.76 bits per heavy atom. The van der Waals surface area contributed by atoms with Crippen LogP contribution in [0.25, 0.3) is 0 Å². The van der Waals surface area contributed by atoms with Crippen LogP contribution in [0.3, 0.4) is 0 Å². The Balaban J connectivity index is 0.000000157. The van der Waals surface area contributed by atoms with E-state index in [0.717, 1.165) is 23.7 Å². The minimum absolute atomic E-state index is 0.568. The predicted molar refractivity (Wildman–Crippen MR) is 110 cm³/mol. The Hall–Kier alpha value is -0.780. The molecule has 140 valence electrons.